The average Bonchev–Trinajstić information content (AvgIpc) is 2.61. The Morgan fingerprint density at radius 1 is 1.07 bits per heavy atom. The summed E-state index contributed by atoms with van der Waals surface area (Å²) < 4.78 is 33.3. The third-order valence-electron chi connectivity index (χ3n) is 4.04. The summed E-state index contributed by atoms with van der Waals surface area (Å²) >= 11 is 0. The summed E-state index contributed by atoms with van der Waals surface area (Å²) in [5.74, 6) is -1.33. The van der Waals surface area contributed by atoms with Crippen molar-refractivity contribution in [2.75, 3.05) is 4.72 Å². The molecule has 0 aliphatic carbocycles. The maximum Gasteiger partial charge on any atom is 0.336 e. The van der Waals surface area contributed by atoms with Crippen LogP contribution in [0, 0.1) is 0 Å². The van der Waals surface area contributed by atoms with Crippen LogP contribution in [0.25, 0.3) is 11.0 Å². The van der Waals surface area contributed by atoms with E-state index in [1.807, 2.05) is 13.8 Å². The zero-order valence-corrected chi connectivity index (χ0v) is 15.4. The number of rotatable bonds is 5. The van der Waals surface area contributed by atoms with Gasteiger partial charge in [0.2, 0.25) is 0 Å². The number of anilines is 1. The number of benzene rings is 2. The molecular formula is C19H17NO6S. The summed E-state index contributed by atoms with van der Waals surface area (Å²) in [7, 11) is -4.03. The van der Waals surface area contributed by atoms with Crippen LogP contribution in [-0.2, 0) is 10.0 Å². The van der Waals surface area contributed by atoms with Gasteiger partial charge in [-0.3, -0.25) is 4.72 Å². The molecule has 1 aromatic heterocycles. The topological polar surface area (TPSA) is 114 Å². The molecule has 0 fully saturated rings. The smallest absolute Gasteiger partial charge is 0.336 e. The van der Waals surface area contributed by atoms with Crippen LogP contribution in [0.4, 0.5) is 5.69 Å². The minimum Gasteiger partial charge on any atom is -0.478 e. The first-order valence-electron chi connectivity index (χ1n) is 8.11. The second kappa shape index (κ2) is 6.88. The normalized spacial score (nSPS) is 11.7. The van der Waals surface area contributed by atoms with E-state index >= 15 is 0 Å². The van der Waals surface area contributed by atoms with Gasteiger partial charge in [0.05, 0.1) is 10.5 Å². The number of hydrogen-bond acceptors (Lipinski definition) is 5. The molecule has 2 aromatic carbocycles. The first-order chi connectivity index (χ1) is 12.7. The quantitative estimate of drug-likeness (QED) is 0.649. The third kappa shape index (κ3) is 3.85. The zero-order chi connectivity index (χ0) is 19.8. The highest BCUT2D eigenvalue weighted by Gasteiger charge is 2.22. The lowest BCUT2D eigenvalue weighted by Gasteiger charge is -2.15. The molecule has 140 valence electrons. The molecule has 0 aliphatic heterocycles. The number of carbonyl (C=O) groups is 1. The fourth-order valence-electron chi connectivity index (χ4n) is 2.72. The second-order valence-electron chi connectivity index (χ2n) is 6.32. The van der Waals surface area contributed by atoms with E-state index in [-0.39, 0.29) is 22.1 Å². The molecule has 1 heterocycles. The van der Waals surface area contributed by atoms with Gasteiger partial charge in [-0.25, -0.2) is 18.0 Å². The van der Waals surface area contributed by atoms with Crippen LogP contribution in [0.5, 0.6) is 0 Å². The van der Waals surface area contributed by atoms with E-state index in [4.69, 9.17) is 4.42 Å². The van der Waals surface area contributed by atoms with Crippen LogP contribution in [0.2, 0.25) is 0 Å². The lowest BCUT2D eigenvalue weighted by Crippen LogP contribution is -2.16. The molecule has 0 radical (unpaired) electrons. The molecule has 3 rings (SSSR count). The third-order valence-corrected chi connectivity index (χ3v) is 5.48. The number of carboxylic acids is 1. The highest BCUT2D eigenvalue weighted by Crippen LogP contribution is 2.28. The van der Waals surface area contributed by atoms with E-state index in [0.29, 0.717) is 16.5 Å². The minimum absolute atomic E-state index is 0.0860. The SMILES string of the molecule is CC(C)c1ccc(C(=O)O)cc1S(=O)(=O)Nc1ccc2oc(=O)ccc2c1. The first kappa shape index (κ1) is 18.7. The van der Waals surface area contributed by atoms with Crippen LogP contribution >= 0.6 is 0 Å². The molecule has 7 nitrogen and oxygen atoms in total. The molecule has 0 amide bonds. The average molecular weight is 387 g/mol. The predicted molar refractivity (Wildman–Crippen MR) is 101 cm³/mol. The van der Waals surface area contributed by atoms with E-state index in [0.717, 1.165) is 6.07 Å². The van der Waals surface area contributed by atoms with Crippen molar-refractivity contribution in [3.8, 4) is 0 Å². The van der Waals surface area contributed by atoms with Crippen molar-refractivity contribution in [2.45, 2.75) is 24.7 Å². The Labute approximate surface area is 155 Å². The number of hydrogen-bond donors (Lipinski definition) is 2. The van der Waals surface area contributed by atoms with Gasteiger partial charge in [-0.1, -0.05) is 19.9 Å². The van der Waals surface area contributed by atoms with E-state index in [2.05, 4.69) is 4.72 Å². The highest BCUT2D eigenvalue weighted by molar-refractivity contribution is 7.92. The predicted octanol–water partition coefficient (Wildman–Crippen LogP) is 3.42. The fraction of sp³-hybridized carbons (Fsp3) is 0.158. The van der Waals surface area contributed by atoms with Crippen molar-refractivity contribution in [3.05, 3.63) is 70.1 Å². The van der Waals surface area contributed by atoms with Crippen LogP contribution in [0.15, 0.2) is 62.6 Å². The van der Waals surface area contributed by atoms with Gasteiger partial charge in [0.15, 0.2) is 0 Å². The lowest BCUT2D eigenvalue weighted by atomic mass is 10.0. The Morgan fingerprint density at radius 2 is 1.81 bits per heavy atom. The Morgan fingerprint density at radius 3 is 2.48 bits per heavy atom. The van der Waals surface area contributed by atoms with Gasteiger partial charge in [0.25, 0.3) is 10.0 Å². The van der Waals surface area contributed by atoms with Gasteiger partial charge in [0, 0.05) is 17.1 Å². The molecule has 0 saturated heterocycles. The van der Waals surface area contributed by atoms with Crippen LogP contribution < -0.4 is 10.3 Å². The summed E-state index contributed by atoms with van der Waals surface area (Å²) in [6.07, 6.45) is 0. The van der Waals surface area contributed by atoms with E-state index in [1.165, 1.54) is 42.5 Å². The minimum atomic E-state index is -4.03. The maximum absolute atomic E-state index is 12.9. The molecule has 0 unspecified atom stereocenters. The zero-order valence-electron chi connectivity index (χ0n) is 14.6. The summed E-state index contributed by atoms with van der Waals surface area (Å²) in [6, 6.07) is 11.3. The molecule has 0 aliphatic rings. The van der Waals surface area contributed by atoms with Crippen molar-refractivity contribution in [2.24, 2.45) is 0 Å². The van der Waals surface area contributed by atoms with E-state index in [9.17, 15) is 23.1 Å². The molecule has 2 N–H and O–H groups in total. The number of sulfonamides is 1. The summed E-state index contributed by atoms with van der Waals surface area (Å²) in [4.78, 5) is 22.4. The monoisotopic (exact) mass is 387 g/mol. The number of nitrogens with one attached hydrogen (secondary N) is 1. The molecule has 0 spiro atoms. The Hall–Kier alpha value is -3.13. The van der Waals surface area contributed by atoms with Crippen molar-refractivity contribution < 1.29 is 22.7 Å². The molecule has 0 bridgehead atoms. The lowest BCUT2D eigenvalue weighted by molar-refractivity contribution is 0.0696. The van der Waals surface area contributed by atoms with Gasteiger partial charge in [-0.15, -0.1) is 0 Å². The van der Waals surface area contributed by atoms with Gasteiger partial charge in [0.1, 0.15) is 5.58 Å². The van der Waals surface area contributed by atoms with Crippen LogP contribution in [0.1, 0.15) is 35.7 Å². The molecule has 3 aromatic rings. The summed E-state index contributed by atoms with van der Waals surface area (Å²) in [5, 5.41) is 9.74. The Kier molecular flexibility index (Phi) is 4.75. The summed E-state index contributed by atoms with van der Waals surface area (Å²) in [5.41, 5.74) is 0.509. The van der Waals surface area contributed by atoms with Crippen LogP contribution in [-0.4, -0.2) is 19.5 Å². The molecule has 0 saturated carbocycles. The summed E-state index contributed by atoms with van der Waals surface area (Å²) in [6.45, 7) is 3.65. The van der Waals surface area contributed by atoms with Crippen molar-refractivity contribution in [3.63, 3.8) is 0 Å². The standard InChI is InChI=1S/C19H17NO6S/c1-11(2)15-6-3-13(19(22)23)10-17(15)27(24,25)20-14-5-7-16-12(9-14)4-8-18(21)26-16/h3-11,20H,1-2H3,(H,22,23). The van der Waals surface area contributed by atoms with Crippen LogP contribution in [0.3, 0.4) is 0 Å². The van der Waals surface area contributed by atoms with E-state index in [1.54, 1.807) is 0 Å². The molecular weight excluding hydrogens is 370 g/mol. The van der Waals surface area contributed by atoms with Crippen molar-refractivity contribution in [1.82, 2.24) is 0 Å². The van der Waals surface area contributed by atoms with E-state index < -0.39 is 21.6 Å². The molecule has 27 heavy (non-hydrogen) atoms. The largest absolute Gasteiger partial charge is 0.478 e. The van der Waals surface area contributed by atoms with Gasteiger partial charge < -0.3 is 9.52 Å². The van der Waals surface area contributed by atoms with Crippen molar-refractivity contribution >= 4 is 32.6 Å². The number of carboxylic acid groups (broad SMARTS) is 1. The Bertz CT molecular complexity index is 1190. The second-order valence-corrected chi connectivity index (χ2v) is 7.98. The number of fused-ring (bicyclic) bond motifs is 1. The first-order valence-corrected chi connectivity index (χ1v) is 9.59. The fourth-order valence-corrected chi connectivity index (χ4v) is 4.17. The molecule has 0 atom stereocenters. The van der Waals surface area contributed by atoms with Gasteiger partial charge in [-0.05, 0) is 47.9 Å². The van der Waals surface area contributed by atoms with Gasteiger partial charge in [-0.2, -0.15) is 0 Å². The maximum atomic E-state index is 12.9. The van der Waals surface area contributed by atoms with Crippen molar-refractivity contribution in [1.29, 1.82) is 0 Å². The van der Waals surface area contributed by atoms with Gasteiger partial charge >= 0.3 is 11.6 Å². The highest BCUT2D eigenvalue weighted by atomic mass is 32.2. The number of aromatic carboxylic acids is 1. The molecule has 8 heteroatoms. The Balaban J connectivity index is 2.06.